The predicted octanol–water partition coefficient (Wildman–Crippen LogP) is 1.64. The fourth-order valence-corrected chi connectivity index (χ4v) is 1.60. The largest absolute Gasteiger partial charge is 0.487 e. The van der Waals surface area contributed by atoms with Crippen molar-refractivity contribution in [3.8, 4) is 0 Å². The van der Waals surface area contributed by atoms with Crippen LogP contribution in [0.15, 0.2) is 11.8 Å². The van der Waals surface area contributed by atoms with E-state index in [1.165, 1.54) is 0 Å². The Labute approximate surface area is 74.3 Å². The first-order chi connectivity index (χ1) is 5.99. The van der Waals surface area contributed by atoms with Crippen LogP contribution in [-0.2, 0) is 14.2 Å². The van der Waals surface area contributed by atoms with E-state index in [2.05, 4.69) is 0 Å². The number of fused-ring (bicyclic) bond motifs is 1. The molecule has 2 saturated heterocycles. The van der Waals surface area contributed by atoms with Gasteiger partial charge < -0.3 is 14.2 Å². The van der Waals surface area contributed by atoms with E-state index in [4.69, 9.17) is 14.2 Å². The summed E-state index contributed by atoms with van der Waals surface area (Å²) >= 11 is 0. The molecule has 0 aromatic carbocycles. The van der Waals surface area contributed by atoms with Crippen LogP contribution >= 0.6 is 0 Å². The SMILES string of the molecule is CC1(C)O[C@@H]2COC(=C(F)F)[C@@H]2O1. The van der Waals surface area contributed by atoms with Gasteiger partial charge in [0.05, 0.1) is 0 Å². The highest BCUT2D eigenvalue weighted by Crippen LogP contribution is 2.38. The van der Waals surface area contributed by atoms with Crippen LogP contribution in [0.5, 0.6) is 0 Å². The van der Waals surface area contributed by atoms with Gasteiger partial charge in [-0.15, -0.1) is 0 Å². The van der Waals surface area contributed by atoms with Crippen molar-refractivity contribution in [3.63, 3.8) is 0 Å². The lowest BCUT2D eigenvalue weighted by Gasteiger charge is -2.18. The third kappa shape index (κ3) is 1.42. The first-order valence-electron chi connectivity index (χ1n) is 4.03. The zero-order valence-electron chi connectivity index (χ0n) is 7.34. The summed E-state index contributed by atoms with van der Waals surface area (Å²) in [6.07, 6.45) is -2.96. The highest BCUT2D eigenvalue weighted by atomic mass is 19.3. The molecule has 2 fully saturated rings. The summed E-state index contributed by atoms with van der Waals surface area (Å²) < 4.78 is 39.9. The molecular weight excluding hydrogens is 182 g/mol. The molecule has 13 heavy (non-hydrogen) atoms. The van der Waals surface area contributed by atoms with Crippen molar-refractivity contribution in [3.05, 3.63) is 11.8 Å². The minimum Gasteiger partial charge on any atom is -0.487 e. The van der Waals surface area contributed by atoms with E-state index in [0.29, 0.717) is 0 Å². The van der Waals surface area contributed by atoms with E-state index in [1.807, 2.05) is 0 Å². The predicted molar refractivity (Wildman–Crippen MR) is 39.0 cm³/mol. The molecule has 0 bridgehead atoms. The molecule has 74 valence electrons. The average molecular weight is 192 g/mol. The first kappa shape index (κ1) is 8.90. The minimum absolute atomic E-state index is 0.140. The Morgan fingerprint density at radius 3 is 2.69 bits per heavy atom. The number of ether oxygens (including phenoxy) is 3. The van der Waals surface area contributed by atoms with Crippen molar-refractivity contribution in [2.24, 2.45) is 0 Å². The molecule has 0 spiro atoms. The lowest BCUT2D eigenvalue weighted by Crippen LogP contribution is -2.23. The third-order valence-corrected chi connectivity index (χ3v) is 2.03. The Kier molecular flexibility index (Phi) is 1.82. The summed E-state index contributed by atoms with van der Waals surface area (Å²) in [6, 6.07) is 0. The van der Waals surface area contributed by atoms with E-state index in [9.17, 15) is 8.78 Å². The number of halogens is 2. The van der Waals surface area contributed by atoms with Gasteiger partial charge in [0, 0.05) is 0 Å². The molecule has 0 radical (unpaired) electrons. The zero-order valence-corrected chi connectivity index (χ0v) is 7.34. The fraction of sp³-hybridized carbons (Fsp3) is 0.750. The topological polar surface area (TPSA) is 27.7 Å². The monoisotopic (exact) mass is 192 g/mol. The van der Waals surface area contributed by atoms with Crippen LogP contribution < -0.4 is 0 Å². The van der Waals surface area contributed by atoms with Gasteiger partial charge >= 0.3 is 6.08 Å². The van der Waals surface area contributed by atoms with E-state index >= 15 is 0 Å². The van der Waals surface area contributed by atoms with Gasteiger partial charge in [-0.1, -0.05) is 0 Å². The van der Waals surface area contributed by atoms with E-state index in [-0.39, 0.29) is 12.4 Å². The second kappa shape index (κ2) is 2.65. The summed E-state index contributed by atoms with van der Waals surface area (Å²) in [4.78, 5) is 0. The average Bonchev–Trinajstić information content (AvgIpc) is 2.41. The summed E-state index contributed by atoms with van der Waals surface area (Å²) in [5.74, 6) is -1.17. The van der Waals surface area contributed by atoms with Crippen LogP contribution in [0.3, 0.4) is 0 Å². The lowest BCUT2D eigenvalue weighted by atomic mass is 10.2. The molecule has 2 rings (SSSR count). The molecule has 2 aliphatic heterocycles. The van der Waals surface area contributed by atoms with Gasteiger partial charge in [-0.25, -0.2) is 0 Å². The van der Waals surface area contributed by atoms with Gasteiger partial charge in [-0.3, -0.25) is 0 Å². The minimum atomic E-state index is -1.83. The van der Waals surface area contributed by atoms with Crippen LogP contribution in [-0.4, -0.2) is 24.6 Å². The van der Waals surface area contributed by atoms with Crippen LogP contribution in [0.4, 0.5) is 8.78 Å². The molecular formula is C8H10F2O3. The van der Waals surface area contributed by atoms with E-state index in [1.54, 1.807) is 13.8 Å². The Morgan fingerprint density at radius 2 is 2.08 bits per heavy atom. The van der Waals surface area contributed by atoms with Crippen molar-refractivity contribution < 1.29 is 23.0 Å². The molecule has 2 heterocycles. The molecule has 5 heteroatoms. The van der Waals surface area contributed by atoms with E-state index < -0.39 is 24.1 Å². The van der Waals surface area contributed by atoms with Crippen molar-refractivity contribution in [2.45, 2.75) is 31.8 Å². The van der Waals surface area contributed by atoms with Gasteiger partial charge in [-0.05, 0) is 13.8 Å². The summed E-state index contributed by atoms with van der Waals surface area (Å²) in [6.45, 7) is 3.53. The molecule has 2 atom stereocenters. The molecule has 3 nitrogen and oxygen atoms in total. The Bertz CT molecular complexity index is 258. The first-order valence-corrected chi connectivity index (χ1v) is 4.03. The smallest absolute Gasteiger partial charge is 0.310 e. The highest BCUT2D eigenvalue weighted by Gasteiger charge is 2.49. The lowest BCUT2D eigenvalue weighted by molar-refractivity contribution is -0.158. The molecule has 0 aliphatic carbocycles. The van der Waals surface area contributed by atoms with E-state index in [0.717, 1.165) is 0 Å². The normalized spacial score (nSPS) is 35.8. The maximum absolute atomic E-state index is 12.2. The zero-order chi connectivity index (χ0) is 9.64. The van der Waals surface area contributed by atoms with Crippen molar-refractivity contribution in [1.82, 2.24) is 0 Å². The van der Waals surface area contributed by atoms with Gasteiger partial charge in [-0.2, -0.15) is 8.78 Å². The van der Waals surface area contributed by atoms with Gasteiger partial charge in [0.15, 0.2) is 17.7 Å². The number of rotatable bonds is 0. The summed E-state index contributed by atoms with van der Waals surface area (Å²) in [5.41, 5.74) is 0. The van der Waals surface area contributed by atoms with Gasteiger partial charge in [0.25, 0.3) is 0 Å². The standard InChI is InChI=1S/C8H10F2O3/c1-8(2)12-4-3-11-6(7(9)10)5(4)13-8/h4-5H,3H2,1-2H3/t4-,5-/m1/s1. The Morgan fingerprint density at radius 1 is 1.38 bits per heavy atom. The van der Waals surface area contributed by atoms with Crippen molar-refractivity contribution in [2.75, 3.05) is 6.61 Å². The van der Waals surface area contributed by atoms with Crippen LogP contribution in [0.2, 0.25) is 0 Å². The molecule has 2 aliphatic rings. The maximum Gasteiger partial charge on any atom is 0.310 e. The van der Waals surface area contributed by atoms with Gasteiger partial charge in [0.1, 0.15) is 12.7 Å². The van der Waals surface area contributed by atoms with Crippen LogP contribution in [0.1, 0.15) is 13.8 Å². The molecule has 0 saturated carbocycles. The van der Waals surface area contributed by atoms with Crippen LogP contribution in [0, 0.1) is 0 Å². The fourth-order valence-electron chi connectivity index (χ4n) is 1.60. The maximum atomic E-state index is 12.2. The third-order valence-electron chi connectivity index (χ3n) is 2.03. The Balaban J connectivity index is 2.22. The van der Waals surface area contributed by atoms with Crippen molar-refractivity contribution >= 4 is 0 Å². The second-order valence-corrected chi connectivity index (χ2v) is 3.53. The molecule has 0 aromatic rings. The number of hydrogen-bond acceptors (Lipinski definition) is 3. The summed E-state index contributed by atoms with van der Waals surface area (Å²) in [7, 11) is 0. The summed E-state index contributed by atoms with van der Waals surface area (Å²) in [5, 5.41) is 0. The molecule has 0 aromatic heterocycles. The quantitative estimate of drug-likeness (QED) is 0.584. The number of hydrogen-bond donors (Lipinski definition) is 0. The molecule has 0 amide bonds. The van der Waals surface area contributed by atoms with Crippen molar-refractivity contribution in [1.29, 1.82) is 0 Å². The molecule has 0 unspecified atom stereocenters. The van der Waals surface area contributed by atoms with Crippen LogP contribution in [0.25, 0.3) is 0 Å². The Hall–Kier alpha value is -0.680. The molecule has 0 N–H and O–H groups in total. The van der Waals surface area contributed by atoms with Gasteiger partial charge in [0.2, 0.25) is 0 Å². The highest BCUT2D eigenvalue weighted by molar-refractivity contribution is 5.11. The second-order valence-electron chi connectivity index (χ2n) is 3.53.